The van der Waals surface area contributed by atoms with Crippen LogP contribution in [-0.2, 0) is 44.5 Å². The standard InChI is InChI=1S/C58H92ClN3O11S2/c1-39-24-19-15-13-17-21-27-44(28-22-18-14-16-20-25-39)46(63)30-32-56(5,6)75-74-33-31-51(64)61(9)41(3)54(66)72-50-37-52(65)62(10)45-35-43(36-47(69-11)53(45)59)34-40(2)26-23-29-49(70-12)58(68)38-48(71-55(67)60-58)42(4)73-57(50,7)8/h23,26,29,35-36,39,41-42,44,48-50,68H,13-22,24-25,27-28,30-34,37-38H2,1-12H3,(H,60,67)/b29-23+,40-26+/t39?,41-,42+,44?,48-,49+,50-,58-/m1/s1. The molecule has 1 aromatic carbocycles. The van der Waals surface area contributed by atoms with E-state index in [9.17, 15) is 29.1 Å². The first-order chi connectivity index (χ1) is 35.4. The number of Topliss-reactive ketones (excluding diaryl/α,β-unsaturated/α-hetero) is 1. The number of aliphatic hydroxyl groups is 1. The number of hydrogen-bond acceptors (Lipinski definition) is 13. The van der Waals surface area contributed by atoms with Crippen LogP contribution in [0.4, 0.5) is 10.5 Å². The molecule has 2 aliphatic heterocycles. The third-order valence-corrected chi connectivity index (χ3v) is 19.1. The number of ether oxygens (including phenoxy) is 5. The number of benzene rings is 1. The maximum atomic E-state index is 14.4. The van der Waals surface area contributed by atoms with Gasteiger partial charge >= 0.3 is 12.1 Å². The van der Waals surface area contributed by atoms with Crippen LogP contribution in [0.1, 0.15) is 183 Å². The van der Waals surface area contributed by atoms with Gasteiger partial charge in [-0.3, -0.25) is 19.7 Å². The second-order valence-corrected chi connectivity index (χ2v) is 26.1. The van der Waals surface area contributed by atoms with Crippen molar-refractivity contribution in [1.82, 2.24) is 10.2 Å². The predicted molar refractivity (Wildman–Crippen MR) is 303 cm³/mol. The van der Waals surface area contributed by atoms with Gasteiger partial charge in [-0.15, -0.1) is 0 Å². The number of fused-ring (bicyclic) bond motifs is 4. The second kappa shape index (κ2) is 30.8. The molecule has 6 atom stereocenters. The molecule has 14 nitrogen and oxygen atoms in total. The van der Waals surface area contributed by atoms with E-state index in [0.717, 1.165) is 49.2 Å². The number of amides is 3. The van der Waals surface area contributed by atoms with E-state index in [0.29, 0.717) is 35.8 Å². The van der Waals surface area contributed by atoms with Crippen molar-refractivity contribution in [3.8, 4) is 5.75 Å². The van der Waals surface area contributed by atoms with E-state index in [2.05, 4.69) is 26.1 Å². The Balaban J connectivity index is 1.42. The van der Waals surface area contributed by atoms with Gasteiger partial charge in [0.15, 0.2) is 5.72 Å². The van der Waals surface area contributed by atoms with Crippen LogP contribution in [0.5, 0.6) is 5.75 Å². The van der Waals surface area contributed by atoms with Gasteiger partial charge in [-0.2, -0.15) is 0 Å². The SMILES string of the molecule is COc1cc2cc(c1Cl)N(C)C(=O)C[C@@H](OC(=O)[C@@H](C)N(C)C(=O)CCSSC(C)(C)CCC(=O)C1CCCCCCCC(C)CCCCCCC1)C(C)(C)O[C@@H](C)[C@H]1C[C@](O)(NC(=O)O1)[C@@H](OC)/C=C/C=C(\C)C2. The first kappa shape index (κ1) is 64.2. The van der Waals surface area contributed by atoms with Gasteiger partial charge < -0.3 is 38.6 Å². The molecule has 1 saturated carbocycles. The molecule has 424 valence electrons. The molecule has 1 aromatic rings. The zero-order valence-corrected chi connectivity index (χ0v) is 49.8. The van der Waals surface area contributed by atoms with Gasteiger partial charge in [-0.25, -0.2) is 9.59 Å². The third kappa shape index (κ3) is 20.5. The summed E-state index contributed by atoms with van der Waals surface area (Å²) >= 11 is 6.85. The van der Waals surface area contributed by atoms with Gasteiger partial charge in [-0.1, -0.05) is 141 Å². The van der Waals surface area contributed by atoms with Crippen molar-refractivity contribution in [2.24, 2.45) is 11.8 Å². The van der Waals surface area contributed by atoms with Crippen molar-refractivity contribution >= 4 is 68.5 Å². The molecule has 1 aliphatic carbocycles. The molecule has 3 aliphatic rings. The first-order valence-corrected chi connectivity index (χ1v) is 30.3. The largest absolute Gasteiger partial charge is 0.495 e. The number of nitrogens with one attached hydrogen (secondary N) is 1. The number of esters is 1. The minimum Gasteiger partial charge on any atom is -0.495 e. The summed E-state index contributed by atoms with van der Waals surface area (Å²) in [6.07, 6.45) is 18.8. The van der Waals surface area contributed by atoms with Crippen molar-refractivity contribution in [2.75, 3.05) is 39.0 Å². The molecule has 3 amide bonds. The van der Waals surface area contributed by atoms with E-state index >= 15 is 0 Å². The Hall–Kier alpha value is -3.28. The van der Waals surface area contributed by atoms with E-state index < -0.39 is 59.8 Å². The Morgan fingerprint density at radius 3 is 2.20 bits per heavy atom. The third-order valence-electron chi connectivity index (χ3n) is 15.3. The molecule has 2 heterocycles. The fourth-order valence-electron chi connectivity index (χ4n) is 10.2. The van der Waals surface area contributed by atoms with Crippen LogP contribution < -0.4 is 15.0 Å². The molecule has 17 heteroatoms. The predicted octanol–water partition coefficient (Wildman–Crippen LogP) is 12.5. The summed E-state index contributed by atoms with van der Waals surface area (Å²) in [5.74, 6) is 0.768. The molecular formula is C58H92ClN3O11S2. The monoisotopic (exact) mass is 1110 g/mol. The summed E-state index contributed by atoms with van der Waals surface area (Å²) in [6, 6.07) is 2.55. The molecule has 0 radical (unpaired) electrons. The molecule has 2 fully saturated rings. The number of carbonyl (C=O) groups is 5. The number of carbonyl (C=O) groups excluding carboxylic acids is 5. The van der Waals surface area contributed by atoms with Gasteiger partial charge in [0.2, 0.25) is 11.8 Å². The summed E-state index contributed by atoms with van der Waals surface area (Å²) in [5, 5.41) is 14.6. The minimum atomic E-state index is -1.88. The Labute approximate surface area is 462 Å². The summed E-state index contributed by atoms with van der Waals surface area (Å²) in [5.41, 5.74) is -1.21. The average Bonchev–Trinajstić information content (AvgIpc) is 3.35. The number of alkyl carbamates (subject to hydrolysis) is 1. The Morgan fingerprint density at radius 2 is 1.59 bits per heavy atom. The van der Waals surface area contributed by atoms with Crippen LogP contribution in [0.2, 0.25) is 5.02 Å². The van der Waals surface area contributed by atoms with E-state index in [1.54, 1.807) is 87.7 Å². The number of hydrogen-bond donors (Lipinski definition) is 2. The molecule has 0 spiro atoms. The van der Waals surface area contributed by atoms with E-state index in [4.69, 9.17) is 35.3 Å². The molecule has 75 heavy (non-hydrogen) atoms. The molecule has 0 unspecified atom stereocenters. The van der Waals surface area contributed by atoms with Gasteiger partial charge in [-0.05, 0) is 97.8 Å². The zero-order valence-electron chi connectivity index (χ0n) is 47.4. The molecular weight excluding hydrogens is 1010 g/mol. The number of nitrogens with zero attached hydrogens (tertiary/aromatic N) is 2. The van der Waals surface area contributed by atoms with Crippen LogP contribution in [0.3, 0.4) is 0 Å². The maximum absolute atomic E-state index is 14.4. The summed E-state index contributed by atoms with van der Waals surface area (Å²) in [7, 11) is 9.33. The molecule has 1 saturated heterocycles. The topological polar surface area (TPSA) is 170 Å². The summed E-state index contributed by atoms with van der Waals surface area (Å²) in [6.45, 7) is 15.2. The number of methoxy groups -OCH3 is 2. The first-order valence-electron chi connectivity index (χ1n) is 27.6. The highest BCUT2D eigenvalue weighted by Crippen LogP contribution is 2.41. The van der Waals surface area contributed by atoms with Crippen LogP contribution in [0.15, 0.2) is 35.9 Å². The van der Waals surface area contributed by atoms with Crippen LogP contribution >= 0.6 is 33.2 Å². The van der Waals surface area contributed by atoms with Crippen molar-refractivity contribution in [3.05, 3.63) is 46.5 Å². The average molecular weight is 1110 g/mol. The van der Waals surface area contributed by atoms with E-state index in [1.165, 1.54) is 88.2 Å². The van der Waals surface area contributed by atoms with Crippen LogP contribution in [-0.4, -0.2) is 120 Å². The van der Waals surface area contributed by atoms with E-state index in [1.807, 2.05) is 13.0 Å². The smallest absolute Gasteiger partial charge is 0.409 e. The maximum Gasteiger partial charge on any atom is 0.409 e. The summed E-state index contributed by atoms with van der Waals surface area (Å²) < 4.78 is 29.5. The van der Waals surface area contributed by atoms with E-state index in [-0.39, 0.29) is 40.9 Å². The lowest BCUT2D eigenvalue weighted by atomic mass is 9.87. The van der Waals surface area contributed by atoms with Crippen molar-refractivity contribution in [1.29, 1.82) is 0 Å². The van der Waals surface area contributed by atoms with Gasteiger partial charge in [0.25, 0.3) is 0 Å². The minimum absolute atomic E-state index is 0.129. The van der Waals surface area contributed by atoms with Crippen molar-refractivity contribution < 1.29 is 52.8 Å². The lowest BCUT2D eigenvalue weighted by Crippen LogP contribution is -2.64. The number of rotatable bonds is 14. The highest BCUT2D eigenvalue weighted by molar-refractivity contribution is 8.77. The normalized spacial score (nSPS) is 27.9. The highest BCUT2D eigenvalue weighted by atomic mass is 35.5. The number of anilines is 1. The van der Waals surface area contributed by atoms with Gasteiger partial charge in [0.1, 0.15) is 46.5 Å². The summed E-state index contributed by atoms with van der Waals surface area (Å²) in [4.78, 5) is 71.6. The van der Waals surface area contributed by atoms with Gasteiger partial charge in [0.05, 0.1) is 25.3 Å². The Morgan fingerprint density at radius 1 is 0.973 bits per heavy atom. The van der Waals surface area contributed by atoms with Crippen molar-refractivity contribution in [3.63, 3.8) is 0 Å². The van der Waals surface area contributed by atoms with Crippen LogP contribution in [0.25, 0.3) is 0 Å². The quantitative estimate of drug-likeness (QED) is 0.103. The molecule has 2 N–H and O–H groups in total. The number of allylic oxidation sites excluding steroid dienone is 3. The van der Waals surface area contributed by atoms with Crippen LogP contribution in [0, 0.1) is 11.8 Å². The Bertz CT molecular complexity index is 2080. The van der Waals surface area contributed by atoms with Crippen molar-refractivity contribution in [2.45, 2.75) is 230 Å². The Kier molecular flexibility index (Phi) is 26.3. The number of halogens is 1. The lowest BCUT2D eigenvalue weighted by Gasteiger charge is -2.44. The molecule has 0 aromatic heterocycles. The van der Waals surface area contributed by atoms with Gasteiger partial charge in [0, 0.05) is 56.9 Å². The number of likely N-dealkylation sites (N-methyl/N-ethyl adjacent to an activating group) is 1. The highest BCUT2D eigenvalue weighted by Gasteiger charge is 2.49. The molecule has 4 rings (SSSR count). The fraction of sp³-hybridized carbons (Fsp3) is 0.741. The fourth-order valence-corrected chi connectivity index (χ4v) is 13.0. The lowest BCUT2D eigenvalue weighted by molar-refractivity contribution is -0.203. The zero-order chi connectivity index (χ0) is 55.5. The number of ketones is 1. The second-order valence-electron chi connectivity index (χ2n) is 22.6. The molecule has 4 bridgehead atoms.